The SMILES string of the molecule is CCOC(=O)c1cc2c(CC)c(C)c(C(=O)C(=O)c3c(C)c(CC)c4cc(C(=O)OCC)ncn34)n2cn1. The fraction of sp³-hybridized carbons (Fsp3) is 0.357. The van der Waals surface area contributed by atoms with Gasteiger partial charge in [-0.05, 0) is 74.9 Å². The van der Waals surface area contributed by atoms with Gasteiger partial charge in [0.1, 0.15) is 24.0 Å². The van der Waals surface area contributed by atoms with Crippen molar-refractivity contribution in [3.05, 3.63) is 69.8 Å². The summed E-state index contributed by atoms with van der Waals surface area (Å²) in [5.41, 5.74) is 4.82. The summed E-state index contributed by atoms with van der Waals surface area (Å²) in [5, 5.41) is 0. The number of hydrogen-bond donors (Lipinski definition) is 0. The molecule has 4 rings (SSSR count). The van der Waals surface area contributed by atoms with E-state index in [9.17, 15) is 19.2 Å². The summed E-state index contributed by atoms with van der Waals surface area (Å²) in [7, 11) is 0. The van der Waals surface area contributed by atoms with Crippen LogP contribution < -0.4 is 0 Å². The average molecular weight is 519 g/mol. The fourth-order valence-electron chi connectivity index (χ4n) is 4.99. The molecular weight excluding hydrogens is 488 g/mol. The third-order valence-electron chi connectivity index (χ3n) is 6.72. The topological polar surface area (TPSA) is 121 Å². The van der Waals surface area contributed by atoms with Crippen molar-refractivity contribution in [1.82, 2.24) is 18.8 Å². The molecular formula is C28H30N4O6. The van der Waals surface area contributed by atoms with Crippen molar-refractivity contribution in [2.45, 2.75) is 54.4 Å². The summed E-state index contributed by atoms with van der Waals surface area (Å²) in [5.74, 6) is -2.53. The van der Waals surface area contributed by atoms with Crippen molar-refractivity contribution in [2.75, 3.05) is 13.2 Å². The molecule has 0 saturated heterocycles. The van der Waals surface area contributed by atoms with Crippen LogP contribution in [0.3, 0.4) is 0 Å². The van der Waals surface area contributed by atoms with Crippen LogP contribution in [0.5, 0.6) is 0 Å². The van der Waals surface area contributed by atoms with Gasteiger partial charge in [0.05, 0.1) is 24.2 Å². The fourth-order valence-corrected chi connectivity index (χ4v) is 4.99. The molecule has 0 aliphatic carbocycles. The highest BCUT2D eigenvalue weighted by molar-refractivity contribution is 6.49. The summed E-state index contributed by atoms with van der Waals surface area (Å²) in [4.78, 5) is 60.4. The van der Waals surface area contributed by atoms with Crippen LogP contribution in [0.2, 0.25) is 0 Å². The maximum atomic E-state index is 13.8. The van der Waals surface area contributed by atoms with E-state index < -0.39 is 23.5 Å². The smallest absolute Gasteiger partial charge is 0.357 e. The summed E-state index contributed by atoms with van der Waals surface area (Å²) in [6, 6.07) is 3.16. The number of fused-ring (bicyclic) bond motifs is 2. The van der Waals surface area contributed by atoms with Crippen molar-refractivity contribution < 1.29 is 28.7 Å². The first kappa shape index (κ1) is 26.7. The zero-order valence-corrected chi connectivity index (χ0v) is 22.4. The molecule has 4 aromatic heterocycles. The van der Waals surface area contributed by atoms with Gasteiger partial charge in [-0.25, -0.2) is 19.6 Å². The van der Waals surface area contributed by atoms with E-state index in [1.807, 2.05) is 13.8 Å². The molecule has 0 spiro atoms. The maximum absolute atomic E-state index is 13.8. The second-order valence-corrected chi connectivity index (χ2v) is 8.77. The Kier molecular flexibility index (Phi) is 7.43. The Morgan fingerprint density at radius 2 is 1.05 bits per heavy atom. The Hall–Kier alpha value is -4.34. The Labute approximate surface area is 219 Å². The van der Waals surface area contributed by atoms with Gasteiger partial charge in [0.25, 0.3) is 11.6 Å². The number of hydrogen-bond acceptors (Lipinski definition) is 8. The lowest BCUT2D eigenvalue weighted by atomic mass is 10.0. The Bertz CT molecular complexity index is 1490. The van der Waals surface area contributed by atoms with Gasteiger partial charge >= 0.3 is 11.9 Å². The number of carbonyl (C=O) groups is 4. The summed E-state index contributed by atoms with van der Waals surface area (Å²) in [6.07, 6.45) is 3.91. The molecule has 38 heavy (non-hydrogen) atoms. The molecule has 0 amide bonds. The van der Waals surface area contributed by atoms with E-state index in [2.05, 4.69) is 9.97 Å². The quantitative estimate of drug-likeness (QED) is 0.184. The third kappa shape index (κ3) is 4.25. The van der Waals surface area contributed by atoms with Gasteiger partial charge in [-0.2, -0.15) is 0 Å². The van der Waals surface area contributed by atoms with Crippen molar-refractivity contribution in [1.29, 1.82) is 0 Å². The lowest BCUT2D eigenvalue weighted by Crippen LogP contribution is -2.20. The summed E-state index contributed by atoms with van der Waals surface area (Å²) < 4.78 is 13.2. The van der Waals surface area contributed by atoms with E-state index in [0.29, 0.717) is 35.0 Å². The zero-order chi connectivity index (χ0) is 27.7. The van der Waals surface area contributed by atoms with Crippen LogP contribution in [-0.4, -0.2) is 55.5 Å². The zero-order valence-electron chi connectivity index (χ0n) is 22.4. The average Bonchev–Trinajstić information content (AvgIpc) is 3.35. The minimum atomic E-state index is -0.706. The molecule has 0 saturated carbocycles. The summed E-state index contributed by atoms with van der Waals surface area (Å²) >= 11 is 0. The number of carbonyl (C=O) groups excluding carboxylic acids is 4. The van der Waals surface area contributed by atoms with Crippen LogP contribution in [0.15, 0.2) is 24.8 Å². The minimum absolute atomic E-state index is 0.126. The second-order valence-electron chi connectivity index (χ2n) is 8.77. The van der Waals surface area contributed by atoms with Gasteiger partial charge in [0.15, 0.2) is 11.4 Å². The van der Waals surface area contributed by atoms with Crippen LogP contribution in [-0.2, 0) is 22.3 Å². The van der Waals surface area contributed by atoms with Crippen LogP contribution in [0.4, 0.5) is 0 Å². The molecule has 0 radical (unpaired) electrons. The van der Waals surface area contributed by atoms with Gasteiger partial charge < -0.3 is 9.47 Å². The van der Waals surface area contributed by atoms with Gasteiger partial charge in [-0.1, -0.05) is 13.8 Å². The maximum Gasteiger partial charge on any atom is 0.357 e. The van der Waals surface area contributed by atoms with E-state index in [0.717, 1.165) is 11.1 Å². The predicted octanol–water partition coefficient (Wildman–Crippen LogP) is 4.14. The number of rotatable bonds is 9. The number of ketones is 2. The molecule has 0 N–H and O–H groups in total. The standard InChI is InChI=1S/C28H30N4O6/c1-7-17-15(5)23(31-13-29-19(11-21(17)31)27(35)37-9-3)25(33)26(34)24-16(6)18(8-2)22-12-20(28(36)38-10-4)30-14-32(22)24/h11-14H,7-10H2,1-6H3. The largest absolute Gasteiger partial charge is 0.461 e. The van der Waals surface area contributed by atoms with Gasteiger partial charge in [0, 0.05) is 0 Å². The first-order chi connectivity index (χ1) is 18.2. The number of aromatic nitrogens is 4. The van der Waals surface area contributed by atoms with Gasteiger partial charge in [0.2, 0.25) is 0 Å². The lowest BCUT2D eigenvalue weighted by Gasteiger charge is -2.07. The molecule has 0 unspecified atom stereocenters. The minimum Gasteiger partial charge on any atom is -0.461 e. The Balaban J connectivity index is 1.85. The number of ether oxygens (including phenoxy) is 2. The molecule has 0 aliphatic rings. The number of nitrogens with zero attached hydrogens (tertiary/aromatic N) is 4. The van der Waals surface area contributed by atoms with Crippen molar-refractivity contribution >= 4 is 34.5 Å². The molecule has 0 bridgehead atoms. The van der Waals surface area contributed by atoms with Gasteiger partial charge in [-0.3, -0.25) is 18.4 Å². The predicted molar refractivity (Wildman–Crippen MR) is 139 cm³/mol. The van der Waals surface area contributed by atoms with Crippen LogP contribution >= 0.6 is 0 Å². The third-order valence-corrected chi connectivity index (χ3v) is 6.72. The molecule has 4 aromatic rings. The highest BCUT2D eigenvalue weighted by Crippen LogP contribution is 2.29. The molecule has 4 heterocycles. The van der Waals surface area contributed by atoms with E-state index in [-0.39, 0.29) is 36.0 Å². The monoisotopic (exact) mass is 518 g/mol. The Morgan fingerprint density at radius 3 is 1.37 bits per heavy atom. The van der Waals surface area contributed by atoms with Crippen molar-refractivity contribution in [3.8, 4) is 0 Å². The normalized spacial score (nSPS) is 11.2. The van der Waals surface area contributed by atoms with Crippen molar-refractivity contribution in [2.24, 2.45) is 0 Å². The van der Waals surface area contributed by atoms with E-state index in [1.54, 1.807) is 48.6 Å². The first-order valence-electron chi connectivity index (χ1n) is 12.6. The Morgan fingerprint density at radius 1 is 0.684 bits per heavy atom. The molecule has 0 atom stereocenters. The highest BCUT2D eigenvalue weighted by atomic mass is 16.5. The van der Waals surface area contributed by atoms with Crippen LogP contribution in [0, 0.1) is 13.8 Å². The highest BCUT2D eigenvalue weighted by Gasteiger charge is 2.31. The van der Waals surface area contributed by atoms with E-state index >= 15 is 0 Å². The molecule has 0 aliphatic heterocycles. The van der Waals surface area contributed by atoms with Crippen molar-refractivity contribution in [3.63, 3.8) is 0 Å². The molecule has 0 aromatic carbocycles. The molecule has 10 heteroatoms. The molecule has 10 nitrogen and oxygen atoms in total. The van der Waals surface area contributed by atoms with E-state index in [4.69, 9.17) is 9.47 Å². The number of aryl methyl sites for hydroxylation is 2. The van der Waals surface area contributed by atoms with E-state index in [1.165, 1.54) is 12.7 Å². The lowest BCUT2D eigenvalue weighted by molar-refractivity contribution is 0.0510. The molecule has 198 valence electrons. The number of Topliss-reactive ketones (excluding diaryl/α,β-unsaturated/α-hetero) is 2. The second kappa shape index (κ2) is 10.6. The first-order valence-corrected chi connectivity index (χ1v) is 12.6. The van der Waals surface area contributed by atoms with Crippen LogP contribution in [0.1, 0.15) is 91.9 Å². The van der Waals surface area contributed by atoms with Gasteiger partial charge in [-0.15, -0.1) is 0 Å². The number of esters is 2. The van der Waals surface area contributed by atoms with Crippen LogP contribution in [0.25, 0.3) is 11.0 Å². The molecule has 0 fully saturated rings. The summed E-state index contributed by atoms with van der Waals surface area (Å²) in [6.45, 7) is 11.3.